The molecule has 0 bridgehead atoms. The molecule has 0 saturated heterocycles. The molecule has 5 aromatic rings. The normalized spacial score (nSPS) is 14.2. The van der Waals surface area contributed by atoms with Crippen LogP contribution >= 0.6 is 0 Å². The fourth-order valence-corrected chi connectivity index (χ4v) is 8.33. The van der Waals surface area contributed by atoms with E-state index in [9.17, 15) is 53.7 Å². The number of carbonyl (C=O) groups excluding carboxylic acids is 6. The van der Waals surface area contributed by atoms with Gasteiger partial charge in [-0.2, -0.15) is 0 Å². The third kappa shape index (κ3) is 15.5. The van der Waals surface area contributed by atoms with Crippen molar-refractivity contribution in [3.8, 4) is 5.75 Å². The van der Waals surface area contributed by atoms with Crippen LogP contribution in [0, 0.1) is 11.8 Å². The third-order valence-electron chi connectivity index (χ3n) is 12.2. The van der Waals surface area contributed by atoms with Crippen molar-refractivity contribution in [3.63, 3.8) is 0 Å². The molecule has 6 amide bonds. The van der Waals surface area contributed by atoms with E-state index < -0.39 is 102 Å². The van der Waals surface area contributed by atoms with Crippen LogP contribution in [0.5, 0.6) is 5.75 Å². The number of hydrogen-bond acceptors (Lipinski definition) is 9. The Labute approximate surface area is 411 Å². The standard InChI is InChI=1S/C53H63N7O11/c1-6-31(4)46(51(68)59-43(53(70)71)27-36-29-54-39-20-14-13-19-38(36)39)60-50(67)41(26-33-21-23-37(62)24-22-33)56-49(66)42(28-44(63)64)57-48(65)40(25-30(2)3)58-52(69)47(55-32(5)61)45(34-15-9-7-10-16-34)35-17-11-8-12-18-35/h7-24,29-31,40-43,45-47,54,62H,6,25-28H2,1-5H3,(H,55,61)(H,56,66)(H,57,65)(H,58,69)(H,59,68)(H,60,67)(H,63,64)(H,70,71)/t31-,40-,41-,42-,43-,46-,47-/m0/s1. The molecule has 4 aromatic carbocycles. The lowest BCUT2D eigenvalue weighted by Crippen LogP contribution is -2.61. The number of amides is 6. The number of aromatic hydroxyl groups is 1. The Kier molecular flexibility index (Phi) is 19.4. The number of phenolic OH excluding ortho intramolecular Hbond substituents is 1. The number of nitrogens with one attached hydrogen (secondary N) is 7. The van der Waals surface area contributed by atoms with Gasteiger partial charge in [-0.25, -0.2) is 4.79 Å². The average molecular weight is 974 g/mol. The third-order valence-corrected chi connectivity index (χ3v) is 12.2. The van der Waals surface area contributed by atoms with Crippen molar-refractivity contribution in [2.24, 2.45) is 11.8 Å². The summed E-state index contributed by atoms with van der Waals surface area (Å²) in [6, 6.07) is 22.4. The summed E-state index contributed by atoms with van der Waals surface area (Å²) in [6.07, 6.45) is 0.787. The number of carbonyl (C=O) groups is 8. The maximum atomic E-state index is 14.4. The monoisotopic (exact) mass is 973 g/mol. The van der Waals surface area contributed by atoms with Crippen LogP contribution in [0.2, 0.25) is 0 Å². The van der Waals surface area contributed by atoms with Gasteiger partial charge in [0.05, 0.1) is 6.42 Å². The number of para-hydroxylation sites is 1. The number of H-pyrrole nitrogens is 1. The Morgan fingerprint density at radius 1 is 0.563 bits per heavy atom. The topological polar surface area (TPSA) is 285 Å². The van der Waals surface area contributed by atoms with Gasteiger partial charge in [-0.1, -0.05) is 125 Å². The maximum absolute atomic E-state index is 14.4. The molecule has 0 fully saturated rings. The fourth-order valence-electron chi connectivity index (χ4n) is 8.33. The summed E-state index contributed by atoms with van der Waals surface area (Å²) in [5.74, 6) is -9.30. The molecule has 0 aliphatic rings. The van der Waals surface area contributed by atoms with E-state index in [1.807, 2.05) is 54.6 Å². The number of carboxylic acid groups (broad SMARTS) is 2. The van der Waals surface area contributed by atoms with E-state index in [-0.39, 0.29) is 30.9 Å². The van der Waals surface area contributed by atoms with E-state index in [1.165, 1.54) is 31.2 Å². The van der Waals surface area contributed by atoms with Crippen LogP contribution in [0.3, 0.4) is 0 Å². The van der Waals surface area contributed by atoms with Crippen LogP contribution in [0.4, 0.5) is 0 Å². The van der Waals surface area contributed by atoms with Gasteiger partial charge >= 0.3 is 11.9 Å². The average Bonchev–Trinajstić information content (AvgIpc) is 3.75. The van der Waals surface area contributed by atoms with E-state index >= 15 is 0 Å². The Bertz CT molecular complexity index is 2600. The highest BCUT2D eigenvalue weighted by Crippen LogP contribution is 2.29. The number of fused-ring (bicyclic) bond motifs is 1. The first-order valence-electron chi connectivity index (χ1n) is 23.5. The van der Waals surface area contributed by atoms with Gasteiger partial charge in [0.15, 0.2) is 0 Å². The van der Waals surface area contributed by atoms with Crippen molar-refractivity contribution >= 4 is 58.3 Å². The largest absolute Gasteiger partial charge is 0.508 e. The quantitative estimate of drug-likeness (QED) is 0.0398. The lowest BCUT2D eigenvalue weighted by Gasteiger charge is -2.31. The molecule has 1 heterocycles. The fraction of sp³-hybridized carbons (Fsp3) is 0.358. The van der Waals surface area contributed by atoms with Gasteiger partial charge in [0.25, 0.3) is 0 Å². The summed E-state index contributed by atoms with van der Waals surface area (Å²) in [7, 11) is 0. The van der Waals surface area contributed by atoms with Gasteiger partial charge in [-0.3, -0.25) is 33.6 Å². The van der Waals surface area contributed by atoms with Gasteiger partial charge in [-0.15, -0.1) is 0 Å². The zero-order chi connectivity index (χ0) is 51.8. The molecule has 0 spiro atoms. The van der Waals surface area contributed by atoms with E-state index in [1.54, 1.807) is 64.2 Å². The lowest BCUT2D eigenvalue weighted by molar-refractivity contribution is -0.142. The second kappa shape index (κ2) is 25.5. The van der Waals surface area contributed by atoms with E-state index in [0.29, 0.717) is 28.7 Å². The highest BCUT2D eigenvalue weighted by atomic mass is 16.4. The van der Waals surface area contributed by atoms with Gasteiger partial charge in [0, 0.05) is 42.8 Å². The second-order valence-electron chi connectivity index (χ2n) is 18.1. The molecule has 18 nitrogen and oxygen atoms in total. The van der Waals surface area contributed by atoms with Crippen molar-refractivity contribution in [1.29, 1.82) is 0 Å². The summed E-state index contributed by atoms with van der Waals surface area (Å²) in [5, 5.41) is 46.7. The number of carboxylic acids is 2. The molecule has 0 aliphatic heterocycles. The van der Waals surface area contributed by atoms with E-state index in [2.05, 4.69) is 36.9 Å². The van der Waals surface area contributed by atoms with Gasteiger partial charge < -0.3 is 52.2 Å². The molecule has 376 valence electrons. The predicted molar refractivity (Wildman–Crippen MR) is 265 cm³/mol. The number of aromatic amines is 1. The molecule has 0 aliphatic carbocycles. The molecule has 5 rings (SSSR count). The minimum atomic E-state index is -1.80. The molecule has 7 atom stereocenters. The summed E-state index contributed by atoms with van der Waals surface area (Å²) < 4.78 is 0. The Morgan fingerprint density at radius 2 is 1.08 bits per heavy atom. The Morgan fingerprint density at radius 3 is 1.65 bits per heavy atom. The van der Waals surface area contributed by atoms with E-state index in [4.69, 9.17) is 0 Å². The number of aliphatic carboxylic acids is 2. The molecular formula is C53H63N7O11. The van der Waals surface area contributed by atoms with Crippen LogP contribution < -0.4 is 31.9 Å². The lowest BCUT2D eigenvalue weighted by atomic mass is 9.84. The van der Waals surface area contributed by atoms with Crippen LogP contribution in [0.1, 0.15) is 82.1 Å². The van der Waals surface area contributed by atoms with Crippen LogP contribution in [0.15, 0.2) is 115 Å². The smallest absolute Gasteiger partial charge is 0.326 e. The molecule has 0 radical (unpaired) electrons. The number of rotatable bonds is 25. The van der Waals surface area contributed by atoms with Crippen molar-refractivity contribution in [3.05, 3.63) is 138 Å². The summed E-state index contributed by atoms with van der Waals surface area (Å²) in [4.78, 5) is 112. The van der Waals surface area contributed by atoms with Crippen molar-refractivity contribution in [2.75, 3.05) is 0 Å². The number of hydrogen-bond donors (Lipinski definition) is 10. The predicted octanol–water partition coefficient (Wildman–Crippen LogP) is 4.07. The van der Waals surface area contributed by atoms with E-state index in [0.717, 1.165) is 10.9 Å². The Balaban J connectivity index is 1.40. The molecule has 0 unspecified atom stereocenters. The van der Waals surface area contributed by atoms with Crippen molar-refractivity contribution in [2.45, 2.75) is 109 Å². The number of aromatic nitrogens is 1. The SMILES string of the molecule is CC[C@H](C)[C@H](NC(=O)[C@H](Cc1ccc(O)cc1)NC(=O)[C@H](CC(=O)O)NC(=O)[C@H](CC(C)C)NC(=O)[C@@H](NC(C)=O)C(c1ccccc1)c1ccccc1)C(=O)N[C@@H](Cc1c[nH]c2ccccc12)C(=O)O. The van der Waals surface area contributed by atoms with Crippen molar-refractivity contribution < 1.29 is 53.7 Å². The highest BCUT2D eigenvalue weighted by Gasteiger charge is 2.37. The maximum Gasteiger partial charge on any atom is 0.326 e. The number of benzene rings is 4. The molecule has 1 aromatic heterocycles. The molecule has 0 saturated carbocycles. The molecule has 10 N–H and O–H groups in total. The highest BCUT2D eigenvalue weighted by molar-refractivity contribution is 5.98. The Hall–Kier alpha value is -8.02. The molecular weight excluding hydrogens is 911 g/mol. The van der Waals surface area contributed by atoms with Crippen LogP contribution in [-0.2, 0) is 51.2 Å². The summed E-state index contributed by atoms with van der Waals surface area (Å²) in [6.45, 7) is 8.30. The minimum Gasteiger partial charge on any atom is -0.508 e. The first kappa shape index (κ1) is 53.9. The summed E-state index contributed by atoms with van der Waals surface area (Å²) >= 11 is 0. The second-order valence-corrected chi connectivity index (χ2v) is 18.1. The zero-order valence-electron chi connectivity index (χ0n) is 40.3. The minimum absolute atomic E-state index is 0.0303. The zero-order valence-corrected chi connectivity index (χ0v) is 40.3. The van der Waals surface area contributed by atoms with Crippen molar-refractivity contribution in [1.82, 2.24) is 36.9 Å². The van der Waals surface area contributed by atoms with Crippen LogP contribution in [0.25, 0.3) is 10.9 Å². The number of phenols is 1. The van der Waals surface area contributed by atoms with Gasteiger partial charge in [-0.05, 0) is 58.7 Å². The first-order valence-corrected chi connectivity index (χ1v) is 23.5. The van der Waals surface area contributed by atoms with Gasteiger partial charge in [0.2, 0.25) is 35.4 Å². The molecule has 18 heteroatoms. The summed E-state index contributed by atoms with van der Waals surface area (Å²) in [5.41, 5.74) is 3.26. The first-order chi connectivity index (χ1) is 33.8. The molecule has 71 heavy (non-hydrogen) atoms. The van der Waals surface area contributed by atoms with Gasteiger partial charge in [0.1, 0.15) is 42.0 Å². The van der Waals surface area contributed by atoms with Crippen LogP contribution in [-0.4, -0.2) is 104 Å².